The molecule has 4 rings (SSSR count). The van der Waals surface area contributed by atoms with E-state index in [0.29, 0.717) is 0 Å². The van der Waals surface area contributed by atoms with Crippen LogP contribution in [-0.2, 0) is 6.42 Å². The largest absolute Gasteiger partial charge is 0.257 e. The number of para-hydroxylation sites is 2. The molecule has 1 aliphatic rings. The molecule has 0 saturated heterocycles. The van der Waals surface area contributed by atoms with Crippen LogP contribution in [0.25, 0.3) is 16.7 Å². The van der Waals surface area contributed by atoms with Gasteiger partial charge in [-0.15, -0.1) is 0 Å². The van der Waals surface area contributed by atoms with Crippen molar-refractivity contribution in [1.82, 2.24) is 9.97 Å². The Morgan fingerprint density at radius 2 is 1.83 bits per heavy atom. The summed E-state index contributed by atoms with van der Waals surface area (Å²) in [6, 6.07) is 16.5. The maximum atomic E-state index is 4.81. The van der Waals surface area contributed by atoms with Gasteiger partial charge in [-0.25, -0.2) is 4.98 Å². The molecule has 1 aliphatic heterocycles. The van der Waals surface area contributed by atoms with E-state index in [1.54, 1.807) is 0 Å². The lowest BCUT2D eigenvalue weighted by Crippen LogP contribution is -1.99. The summed E-state index contributed by atoms with van der Waals surface area (Å²) >= 11 is 0. The van der Waals surface area contributed by atoms with Crippen LogP contribution in [0.2, 0.25) is 0 Å². The zero-order valence-corrected chi connectivity index (χ0v) is 13.7. The maximum Gasteiger partial charge on any atom is 0.0890 e. The van der Waals surface area contributed by atoms with E-state index in [9.17, 15) is 0 Å². The van der Waals surface area contributed by atoms with Gasteiger partial charge >= 0.3 is 0 Å². The second kappa shape index (κ2) is 6.36. The highest BCUT2D eigenvalue weighted by Crippen LogP contribution is 2.24. The Balaban J connectivity index is 1.45. The molecule has 0 radical (unpaired) electrons. The van der Waals surface area contributed by atoms with Crippen molar-refractivity contribution in [3.05, 3.63) is 77.6 Å². The highest BCUT2D eigenvalue weighted by molar-refractivity contribution is 5.96. The SMILES string of the molecule is Cc1cccc(C2=CCC(CCc3cnc4ccccc4n3)=N2)c1. The number of benzene rings is 2. The number of nitrogens with zero attached hydrogens (tertiary/aromatic N) is 3. The predicted octanol–water partition coefficient (Wildman–Crippen LogP) is 4.76. The van der Waals surface area contributed by atoms with Gasteiger partial charge < -0.3 is 0 Å². The average molecular weight is 313 g/mol. The molecular formula is C21H19N3. The summed E-state index contributed by atoms with van der Waals surface area (Å²) in [7, 11) is 0. The minimum Gasteiger partial charge on any atom is -0.257 e. The first-order chi connectivity index (χ1) is 11.8. The number of aryl methyl sites for hydroxylation is 2. The van der Waals surface area contributed by atoms with Crippen molar-refractivity contribution >= 4 is 22.4 Å². The zero-order chi connectivity index (χ0) is 16.4. The van der Waals surface area contributed by atoms with Crippen molar-refractivity contribution in [2.24, 2.45) is 4.99 Å². The summed E-state index contributed by atoms with van der Waals surface area (Å²) in [5.41, 5.74) is 7.73. The molecule has 1 aromatic heterocycles. The van der Waals surface area contributed by atoms with Gasteiger partial charge in [0.25, 0.3) is 0 Å². The van der Waals surface area contributed by atoms with Gasteiger partial charge in [-0.2, -0.15) is 0 Å². The fourth-order valence-corrected chi connectivity index (χ4v) is 3.01. The van der Waals surface area contributed by atoms with Crippen LogP contribution in [-0.4, -0.2) is 15.7 Å². The summed E-state index contributed by atoms with van der Waals surface area (Å²) < 4.78 is 0. The first-order valence-electron chi connectivity index (χ1n) is 8.32. The number of allylic oxidation sites excluding steroid dienone is 1. The monoisotopic (exact) mass is 313 g/mol. The van der Waals surface area contributed by atoms with Crippen molar-refractivity contribution in [3.8, 4) is 0 Å². The molecule has 0 amide bonds. The number of rotatable bonds is 4. The number of fused-ring (bicyclic) bond motifs is 1. The van der Waals surface area contributed by atoms with E-state index in [4.69, 9.17) is 9.98 Å². The summed E-state index contributed by atoms with van der Waals surface area (Å²) in [4.78, 5) is 14.0. The molecule has 0 unspecified atom stereocenters. The van der Waals surface area contributed by atoms with E-state index in [0.717, 1.165) is 41.7 Å². The smallest absolute Gasteiger partial charge is 0.0890 e. The highest BCUT2D eigenvalue weighted by Gasteiger charge is 2.11. The van der Waals surface area contributed by atoms with Crippen molar-refractivity contribution in [3.63, 3.8) is 0 Å². The van der Waals surface area contributed by atoms with Gasteiger partial charge in [0.15, 0.2) is 0 Å². The third-order valence-electron chi connectivity index (χ3n) is 4.29. The summed E-state index contributed by atoms with van der Waals surface area (Å²) in [6.45, 7) is 2.11. The lowest BCUT2D eigenvalue weighted by atomic mass is 10.1. The molecule has 3 aromatic rings. The fraction of sp³-hybridized carbons (Fsp3) is 0.190. The van der Waals surface area contributed by atoms with Crippen LogP contribution in [0.3, 0.4) is 0 Å². The van der Waals surface area contributed by atoms with E-state index < -0.39 is 0 Å². The summed E-state index contributed by atoms with van der Waals surface area (Å²) in [5, 5.41) is 0. The van der Waals surface area contributed by atoms with Gasteiger partial charge in [-0.05, 0) is 38.0 Å². The molecule has 0 N–H and O–H groups in total. The third-order valence-corrected chi connectivity index (χ3v) is 4.29. The molecule has 0 atom stereocenters. The topological polar surface area (TPSA) is 38.1 Å². The van der Waals surface area contributed by atoms with Gasteiger partial charge in [0.05, 0.1) is 22.4 Å². The minimum atomic E-state index is 0.881. The first-order valence-corrected chi connectivity index (χ1v) is 8.32. The molecule has 2 heterocycles. The second-order valence-electron chi connectivity index (χ2n) is 6.19. The lowest BCUT2D eigenvalue weighted by molar-refractivity contribution is 0.961. The summed E-state index contributed by atoms with van der Waals surface area (Å²) in [5.74, 6) is 0. The first kappa shape index (κ1) is 14.8. The molecule has 0 fully saturated rings. The number of aliphatic imine (C=N–C) groups is 1. The predicted molar refractivity (Wildman–Crippen MR) is 99.1 cm³/mol. The van der Waals surface area contributed by atoms with E-state index >= 15 is 0 Å². The van der Waals surface area contributed by atoms with Crippen LogP contribution in [0.4, 0.5) is 0 Å². The van der Waals surface area contributed by atoms with Gasteiger partial charge in [0.2, 0.25) is 0 Å². The Labute approximate surface area is 141 Å². The Morgan fingerprint density at radius 1 is 0.958 bits per heavy atom. The van der Waals surface area contributed by atoms with Crippen molar-refractivity contribution in [2.75, 3.05) is 0 Å². The molecule has 0 spiro atoms. The highest BCUT2D eigenvalue weighted by atomic mass is 14.8. The van der Waals surface area contributed by atoms with Gasteiger partial charge in [-0.1, -0.05) is 42.0 Å². The van der Waals surface area contributed by atoms with Gasteiger partial charge in [-0.3, -0.25) is 9.98 Å². The Bertz CT molecular complexity index is 954. The molecule has 24 heavy (non-hydrogen) atoms. The van der Waals surface area contributed by atoms with Gasteiger partial charge in [0, 0.05) is 23.9 Å². The van der Waals surface area contributed by atoms with Crippen LogP contribution >= 0.6 is 0 Å². The normalized spacial score (nSPS) is 13.9. The average Bonchev–Trinajstić information content (AvgIpc) is 3.09. The zero-order valence-electron chi connectivity index (χ0n) is 13.7. The lowest BCUT2D eigenvalue weighted by Gasteiger charge is -2.03. The van der Waals surface area contributed by atoms with E-state index in [1.807, 2.05) is 30.5 Å². The van der Waals surface area contributed by atoms with Crippen molar-refractivity contribution in [2.45, 2.75) is 26.2 Å². The molecular weight excluding hydrogens is 294 g/mol. The maximum absolute atomic E-state index is 4.81. The van der Waals surface area contributed by atoms with Crippen LogP contribution in [0.5, 0.6) is 0 Å². The van der Waals surface area contributed by atoms with E-state index in [2.05, 4.69) is 42.2 Å². The van der Waals surface area contributed by atoms with Crippen LogP contribution in [0, 0.1) is 6.92 Å². The number of hydrogen-bond donors (Lipinski definition) is 0. The number of hydrogen-bond acceptors (Lipinski definition) is 3. The van der Waals surface area contributed by atoms with Gasteiger partial charge in [0.1, 0.15) is 0 Å². The van der Waals surface area contributed by atoms with Crippen LogP contribution < -0.4 is 0 Å². The number of aromatic nitrogens is 2. The molecule has 0 saturated carbocycles. The quantitative estimate of drug-likeness (QED) is 0.696. The van der Waals surface area contributed by atoms with E-state index in [-0.39, 0.29) is 0 Å². The Morgan fingerprint density at radius 3 is 2.71 bits per heavy atom. The molecule has 0 bridgehead atoms. The third kappa shape index (κ3) is 3.11. The van der Waals surface area contributed by atoms with Crippen molar-refractivity contribution in [1.29, 1.82) is 0 Å². The Kier molecular flexibility index (Phi) is 3.91. The fourth-order valence-electron chi connectivity index (χ4n) is 3.01. The second-order valence-corrected chi connectivity index (χ2v) is 6.19. The van der Waals surface area contributed by atoms with E-state index in [1.165, 1.54) is 16.8 Å². The molecule has 2 aromatic carbocycles. The molecule has 0 aliphatic carbocycles. The molecule has 118 valence electrons. The summed E-state index contributed by atoms with van der Waals surface area (Å²) in [6.07, 6.45) is 6.84. The molecule has 3 nitrogen and oxygen atoms in total. The van der Waals surface area contributed by atoms with Crippen molar-refractivity contribution < 1.29 is 0 Å². The van der Waals surface area contributed by atoms with Crippen LogP contribution in [0.15, 0.2) is 65.8 Å². The minimum absolute atomic E-state index is 0.881. The van der Waals surface area contributed by atoms with Crippen LogP contribution in [0.1, 0.15) is 29.7 Å². The Hall–Kier alpha value is -2.81. The molecule has 3 heteroatoms. The standard InChI is InChI=1S/C21H19N3/c1-15-5-4-6-16(13-15)19-12-11-17(23-19)9-10-18-14-22-20-7-2-3-8-21(20)24-18/h2-8,12-14H,9-11H2,1H3.